The van der Waals surface area contributed by atoms with Crippen LogP contribution in [0.5, 0.6) is 0 Å². The molecule has 15 heteroatoms. The second-order valence-electron chi connectivity index (χ2n) is 18.0. The fourth-order valence-corrected chi connectivity index (χ4v) is 8.16. The summed E-state index contributed by atoms with van der Waals surface area (Å²) in [4.78, 5) is 25.6. The van der Waals surface area contributed by atoms with Crippen molar-refractivity contribution in [3.05, 3.63) is 0 Å². The molecule has 2 heterocycles. The highest BCUT2D eigenvalue weighted by Gasteiger charge is 2.47. The average Bonchev–Trinajstić information content (AvgIpc) is 3.28. The number of esters is 2. The molecule has 0 spiro atoms. The Labute approximate surface area is 378 Å². The summed E-state index contributed by atoms with van der Waals surface area (Å²) in [6.07, 6.45) is 15.9. The molecule has 63 heavy (non-hydrogen) atoms. The minimum atomic E-state index is -1.76. The molecule has 4 unspecified atom stereocenters. The Morgan fingerprint density at radius 3 is 1.24 bits per heavy atom. The number of ether oxygens (including phenoxy) is 6. The lowest BCUT2D eigenvalue weighted by molar-refractivity contribution is -0.332. The van der Waals surface area contributed by atoms with Crippen LogP contribution in [0.1, 0.15) is 200 Å². The molecule has 0 aromatic heterocycles. The molecule has 0 saturated carbocycles. The predicted octanol–water partition coefficient (Wildman–Crippen LogP) is 6.43. The van der Waals surface area contributed by atoms with Crippen LogP contribution in [0.15, 0.2) is 0 Å². The van der Waals surface area contributed by atoms with Gasteiger partial charge in [-0.25, -0.2) is 0 Å². The molecule has 2 rings (SSSR count). The summed E-state index contributed by atoms with van der Waals surface area (Å²) in [6, 6.07) is 0. The smallest absolute Gasteiger partial charge is 0.306 e. The van der Waals surface area contributed by atoms with Crippen molar-refractivity contribution in [2.24, 2.45) is 0 Å². The van der Waals surface area contributed by atoms with Crippen LogP contribution in [-0.2, 0) is 38.0 Å². The maximum Gasteiger partial charge on any atom is 0.306 e. The monoisotopic (exact) mass is 907 g/mol. The van der Waals surface area contributed by atoms with Gasteiger partial charge in [-0.2, -0.15) is 0 Å². The Morgan fingerprint density at radius 1 is 0.444 bits per heavy atom. The Morgan fingerprint density at radius 2 is 0.810 bits per heavy atom. The summed E-state index contributed by atoms with van der Waals surface area (Å²) < 4.78 is 33.5. The normalized spacial score (nSPS) is 26.7. The second-order valence-corrected chi connectivity index (χ2v) is 18.0. The van der Waals surface area contributed by atoms with E-state index in [9.17, 15) is 45.3 Å². The molecule has 0 aromatic carbocycles. The Kier molecular flexibility index (Phi) is 33.5. The molecule has 0 aromatic rings. The molecule has 11 atom stereocenters. The highest BCUT2D eigenvalue weighted by Crippen LogP contribution is 2.26. The van der Waals surface area contributed by atoms with Crippen molar-refractivity contribution in [1.29, 1.82) is 0 Å². The molecule has 2 saturated heterocycles. The van der Waals surface area contributed by atoms with Crippen LogP contribution in [0.25, 0.3) is 0 Å². The van der Waals surface area contributed by atoms with Crippen molar-refractivity contribution < 1.29 is 73.8 Å². The SMILES string of the molecule is CCCCCCCCCCCCCCCCCCCCCC(=O)O[C@H](COC(=O)CCCCCCCCCC)CO[C@H]1O[C@@H](CO[C@H]2O[C@@H](CO)[C@@H](O)C(O)C2O)[C@@H](O)C(O)C1O. The minimum absolute atomic E-state index is 0.173. The minimum Gasteiger partial charge on any atom is -0.462 e. The number of aliphatic hydroxyl groups is 7. The van der Waals surface area contributed by atoms with Crippen molar-refractivity contribution in [2.45, 2.75) is 268 Å². The molecule has 0 radical (unpaired) electrons. The Hall–Kier alpha value is -1.50. The predicted molar refractivity (Wildman–Crippen MR) is 238 cm³/mol. The van der Waals surface area contributed by atoms with Crippen LogP contribution in [0.3, 0.4) is 0 Å². The Balaban J connectivity index is 1.77. The highest BCUT2D eigenvalue weighted by molar-refractivity contribution is 5.70. The Bertz CT molecular complexity index is 1110. The van der Waals surface area contributed by atoms with Gasteiger partial charge in [0.15, 0.2) is 18.7 Å². The number of carbonyl (C=O) groups excluding carboxylic acids is 2. The van der Waals surface area contributed by atoms with Gasteiger partial charge >= 0.3 is 11.9 Å². The second kappa shape index (κ2) is 36.6. The van der Waals surface area contributed by atoms with E-state index in [4.69, 9.17) is 28.4 Å². The van der Waals surface area contributed by atoms with Crippen LogP contribution in [0, 0.1) is 0 Å². The van der Waals surface area contributed by atoms with Crippen LogP contribution in [-0.4, -0.2) is 142 Å². The lowest BCUT2D eigenvalue weighted by Crippen LogP contribution is -2.61. The van der Waals surface area contributed by atoms with E-state index >= 15 is 0 Å². The number of unbranched alkanes of at least 4 members (excludes halogenated alkanes) is 25. The molecule has 0 amide bonds. The lowest BCUT2D eigenvalue weighted by Gasteiger charge is -2.42. The quantitative estimate of drug-likeness (QED) is 0.0260. The number of aliphatic hydroxyl groups excluding tert-OH is 7. The third-order valence-corrected chi connectivity index (χ3v) is 12.3. The number of hydrogen-bond donors (Lipinski definition) is 7. The third-order valence-electron chi connectivity index (χ3n) is 12.3. The van der Waals surface area contributed by atoms with Gasteiger partial charge in [-0.3, -0.25) is 9.59 Å². The molecule has 15 nitrogen and oxygen atoms in total. The molecule has 0 aliphatic carbocycles. The standard InChI is InChI=1S/C48H90O15/c1-3-5-7-9-11-13-14-15-16-17-18-19-20-21-22-23-25-27-29-31-40(51)61-36(33-58-39(50)30-28-26-24-12-10-8-6-4-2)34-59-47-46(57)44(55)42(53)38(63-47)35-60-48-45(56)43(54)41(52)37(32-49)62-48/h36-38,41-49,52-57H,3-35H2,1-2H3/t36-,37+,38+,41-,42-,43?,44?,45?,46?,47+,48+/m1/s1. The molecule has 372 valence electrons. The van der Waals surface area contributed by atoms with E-state index in [0.717, 1.165) is 38.5 Å². The van der Waals surface area contributed by atoms with Crippen molar-refractivity contribution in [3.63, 3.8) is 0 Å². The maximum atomic E-state index is 13.0. The van der Waals surface area contributed by atoms with Crippen molar-refractivity contribution in [2.75, 3.05) is 26.4 Å². The molecule has 7 N–H and O–H groups in total. The summed E-state index contributed by atoms with van der Waals surface area (Å²) in [6.45, 7) is 2.58. The topological polar surface area (TPSA) is 231 Å². The fourth-order valence-electron chi connectivity index (χ4n) is 8.16. The van der Waals surface area contributed by atoms with Crippen LogP contribution < -0.4 is 0 Å². The van der Waals surface area contributed by atoms with Gasteiger partial charge in [0, 0.05) is 12.8 Å². The zero-order chi connectivity index (χ0) is 46.1. The van der Waals surface area contributed by atoms with E-state index in [1.165, 1.54) is 122 Å². The number of hydrogen-bond acceptors (Lipinski definition) is 15. The number of rotatable bonds is 39. The zero-order valence-corrected chi connectivity index (χ0v) is 39.1. The van der Waals surface area contributed by atoms with Gasteiger partial charge in [0.1, 0.15) is 55.4 Å². The van der Waals surface area contributed by atoms with Gasteiger partial charge in [-0.1, -0.05) is 174 Å². The van der Waals surface area contributed by atoms with Crippen molar-refractivity contribution >= 4 is 11.9 Å². The molecule has 2 fully saturated rings. The van der Waals surface area contributed by atoms with E-state index in [1.807, 2.05) is 0 Å². The van der Waals surface area contributed by atoms with Crippen LogP contribution in [0.4, 0.5) is 0 Å². The van der Waals surface area contributed by atoms with E-state index < -0.39 is 92.7 Å². The van der Waals surface area contributed by atoms with E-state index in [-0.39, 0.29) is 26.1 Å². The highest BCUT2D eigenvalue weighted by atomic mass is 16.7. The summed E-state index contributed by atoms with van der Waals surface area (Å²) in [5, 5.41) is 71.9. The molecular formula is C48H90O15. The first kappa shape index (κ1) is 57.6. The maximum absolute atomic E-state index is 13.0. The van der Waals surface area contributed by atoms with Gasteiger partial charge in [0.05, 0.1) is 19.8 Å². The first-order valence-electron chi connectivity index (χ1n) is 25.1. The van der Waals surface area contributed by atoms with Crippen LogP contribution >= 0.6 is 0 Å². The van der Waals surface area contributed by atoms with Crippen molar-refractivity contribution in [1.82, 2.24) is 0 Å². The van der Waals surface area contributed by atoms with Gasteiger partial charge in [0.2, 0.25) is 0 Å². The largest absolute Gasteiger partial charge is 0.462 e. The number of carbonyl (C=O) groups is 2. The van der Waals surface area contributed by atoms with Gasteiger partial charge in [-0.15, -0.1) is 0 Å². The van der Waals surface area contributed by atoms with Crippen LogP contribution in [0.2, 0.25) is 0 Å². The van der Waals surface area contributed by atoms with Crippen molar-refractivity contribution in [3.8, 4) is 0 Å². The molecule has 0 bridgehead atoms. The summed E-state index contributed by atoms with van der Waals surface area (Å²) in [5.74, 6) is -0.917. The van der Waals surface area contributed by atoms with E-state index in [2.05, 4.69) is 13.8 Å². The average molecular weight is 907 g/mol. The van der Waals surface area contributed by atoms with Gasteiger partial charge in [0.25, 0.3) is 0 Å². The molecule has 2 aliphatic heterocycles. The third kappa shape index (κ3) is 25.3. The molecular weight excluding hydrogens is 817 g/mol. The first-order chi connectivity index (χ1) is 30.5. The van der Waals surface area contributed by atoms with Gasteiger partial charge in [-0.05, 0) is 12.8 Å². The van der Waals surface area contributed by atoms with Gasteiger partial charge < -0.3 is 64.2 Å². The lowest BCUT2D eigenvalue weighted by atomic mass is 9.98. The zero-order valence-electron chi connectivity index (χ0n) is 39.1. The first-order valence-corrected chi connectivity index (χ1v) is 25.1. The summed E-state index contributed by atoms with van der Waals surface area (Å²) in [5.41, 5.74) is 0. The summed E-state index contributed by atoms with van der Waals surface area (Å²) >= 11 is 0. The summed E-state index contributed by atoms with van der Waals surface area (Å²) in [7, 11) is 0. The fraction of sp³-hybridized carbons (Fsp3) is 0.958. The molecule has 2 aliphatic rings. The van der Waals surface area contributed by atoms with E-state index in [1.54, 1.807) is 0 Å². The van der Waals surface area contributed by atoms with E-state index in [0.29, 0.717) is 12.8 Å².